The molecule has 0 heterocycles. The topological polar surface area (TPSA) is 6.48 Å². The van der Waals surface area contributed by atoms with E-state index in [1.54, 1.807) is 0 Å². The van der Waals surface area contributed by atoms with Gasteiger partial charge in [0.1, 0.15) is 0 Å². The third-order valence-electron chi connectivity index (χ3n) is 17.9. The molecular formula is C85H58N2. The molecule has 2 aliphatic rings. The summed E-state index contributed by atoms with van der Waals surface area (Å²) in [6.45, 7) is 0. The van der Waals surface area contributed by atoms with Crippen LogP contribution in [0.15, 0.2) is 352 Å². The van der Waals surface area contributed by atoms with Crippen molar-refractivity contribution in [2.75, 3.05) is 9.80 Å². The van der Waals surface area contributed by atoms with Crippen molar-refractivity contribution in [1.29, 1.82) is 0 Å². The standard InChI is InChI=1S/C85H58N2/c1-5-17-59(18-6-1)63-29-43-71(44-30-63)86(72-45-31-64(32-46-72)60-19-7-2-8-20-60)75-51-37-67(38-52-75)69-41-55-79-80-56-42-70(58-84(80)85(83(79)57-69)81-27-15-13-25-77(81)78-26-14-16-28-82(78)85)68-39-53-76(54-40-68)87(73-47-33-65(34-48-73)61-21-9-3-10-22-61)74-49-35-66(36-50-74)62-23-11-4-12-24-62/h1-58H. The Hall–Kier alpha value is -11.3. The van der Waals surface area contributed by atoms with E-state index in [1.807, 2.05) is 0 Å². The molecule has 0 aliphatic heterocycles. The second-order valence-corrected chi connectivity index (χ2v) is 22.8. The average Bonchev–Trinajstić information content (AvgIpc) is 1.53. The summed E-state index contributed by atoms with van der Waals surface area (Å²) in [5, 5.41) is 0. The molecule has 2 heteroatoms. The first-order valence-electron chi connectivity index (χ1n) is 30.0. The molecule has 16 rings (SSSR count). The maximum absolute atomic E-state index is 2.49. The third-order valence-corrected chi connectivity index (χ3v) is 17.9. The highest BCUT2D eigenvalue weighted by molar-refractivity contribution is 5.97. The zero-order valence-corrected chi connectivity index (χ0v) is 47.9. The van der Waals surface area contributed by atoms with Crippen LogP contribution in [-0.4, -0.2) is 0 Å². The second kappa shape index (κ2) is 21.7. The molecule has 14 aromatic carbocycles. The molecule has 0 amide bonds. The maximum Gasteiger partial charge on any atom is 0.0725 e. The normalized spacial score (nSPS) is 12.2. The van der Waals surface area contributed by atoms with Crippen molar-refractivity contribution in [3.05, 3.63) is 374 Å². The molecule has 1 spiro atoms. The van der Waals surface area contributed by atoms with Crippen LogP contribution in [0.2, 0.25) is 0 Å². The fraction of sp³-hybridized carbons (Fsp3) is 0.0118. The largest absolute Gasteiger partial charge is 0.311 e. The quantitative estimate of drug-likeness (QED) is 0.120. The average molecular weight is 1110 g/mol. The zero-order valence-electron chi connectivity index (χ0n) is 47.9. The van der Waals surface area contributed by atoms with Gasteiger partial charge in [0.25, 0.3) is 0 Å². The molecule has 2 nitrogen and oxygen atoms in total. The molecule has 0 saturated heterocycles. The molecule has 87 heavy (non-hydrogen) atoms. The Balaban J connectivity index is 0.767. The van der Waals surface area contributed by atoms with E-state index >= 15 is 0 Å². The van der Waals surface area contributed by atoms with Crippen LogP contribution in [0.3, 0.4) is 0 Å². The van der Waals surface area contributed by atoms with Crippen molar-refractivity contribution in [3.8, 4) is 89.0 Å². The summed E-state index contributed by atoms with van der Waals surface area (Å²) in [5.41, 5.74) is 30.7. The molecule has 0 N–H and O–H groups in total. The Kier molecular flexibility index (Phi) is 12.8. The third kappa shape index (κ3) is 9.06. The second-order valence-electron chi connectivity index (χ2n) is 22.8. The molecule has 0 fully saturated rings. The van der Waals surface area contributed by atoms with Gasteiger partial charge < -0.3 is 9.80 Å². The molecule has 2 aliphatic carbocycles. The van der Waals surface area contributed by atoms with Crippen molar-refractivity contribution in [2.45, 2.75) is 5.41 Å². The Bertz CT molecular complexity index is 4290. The number of hydrogen-bond donors (Lipinski definition) is 0. The van der Waals surface area contributed by atoms with Crippen LogP contribution in [0.4, 0.5) is 34.1 Å². The van der Waals surface area contributed by atoms with E-state index in [-0.39, 0.29) is 0 Å². The lowest BCUT2D eigenvalue weighted by Crippen LogP contribution is -2.26. The van der Waals surface area contributed by atoms with Crippen LogP contribution < -0.4 is 9.80 Å². The van der Waals surface area contributed by atoms with Crippen LogP contribution in [0.5, 0.6) is 0 Å². The van der Waals surface area contributed by atoms with Crippen molar-refractivity contribution in [2.24, 2.45) is 0 Å². The Morgan fingerprint density at radius 3 is 0.609 bits per heavy atom. The molecule has 0 unspecified atom stereocenters. The predicted octanol–water partition coefficient (Wildman–Crippen LogP) is 23.0. The highest BCUT2D eigenvalue weighted by atomic mass is 15.1. The Morgan fingerprint density at radius 1 is 0.149 bits per heavy atom. The number of rotatable bonds is 12. The fourth-order valence-electron chi connectivity index (χ4n) is 13.7. The summed E-state index contributed by atoms with van der Waals surface area (Å²) in [6, 6.07) is 129. The lowest BCUT2D eigenvalue weighted by Gasteiger charge is -2.31. The maximum atomic E-state index is 2.49. The molecule has 0 aromatic heterocycles. The van der Waals surface area contributed by atoms with Crippen LogP contribution in [0.25, 0.3) is 89.0 Å². The summed E-state index contributed by atoms with van der Waals surface area (Å²) >= 11 is 0. The minimum Gasteiger partial charge on any atom is -0.311 e. The van der Waals surface area contributed by atoms with Gasteiger partial charge in [-0.3, -0.25) is 0 Å². The Morgan fingerprint density at radius 2 is 0.345 bits per heavy atom. The van der Waals surface area contributed by atoms with Gasteiger partial charge in [0, 0.05) is 34.1 Å². The molecule has 0 saturated carbocycles. The van der Waals surface area contributed by atoms with Gasteiger partial charge in [-0.25, -0.2) is 0 Å². The first-order valence-corrected chi connectivity index (χ1v) is 30.0. The van der Waals surface area contributed by atoms with Crippen LogP contribution in [0, 0.1) is 0 Å². The number of anilines is 6. The van der Waals surface area contributed by atoms with E-state index in [9.17, 15) is 0 Å². The van der Waals surface area contributed by atoms with Gasteiger partial charge in [0.15, 0.2) is 0 Å². The van der Waals surface area contributed by atoms with Crippen molar-refractivity contribution in [1.82, 2.24) is 0 Å². The molecule has 0 bridgehead atoms. The molecule has 0 atom stereocenters. The van der Waals surface area contributed by atoms with Crippen LogP contribution in [-0.2, 0) is 5.41 Å². The number of fused-ring (bicyclic) bond motifs is 10. The number of nitrogens with zero attached hydrogens (tertiary/aromatic N) is 2. The first-order chi connectivity index (χ1) is 43.1. The van der Waals surface area contributed by atoms with Gasteiger partial charge in [-0.15, -0.1) is 0 Å². The highest BCUT2D eigenvalue weighted by Gasteiger charge is 2.51. The van der Waals surface area contributed by atoms with E-state index in [2.05, 4.69) is 362 Å². The lowest BCUT2D eigenvalue weighted by molar-refractivity contribution is 0.794. The van der Waals surface area contributed by atoms with Gasteiger partial charge in [-0.05, 0) is 196 Å². The summed E-state index contributed by atoms with van der Waals surface area (Å²) < 4.78 is 0. The summed E-state index contributed by atoms with van der Waals surface area (Å²) in [4.78, 5) is 4.73. The van der Waals surface area contributed by atoms with E-state index < -0.39 is 5.41 Å². The minimum atomic E-state index is -0.535. The Labute approximate surface area is 509 Å². The van der Waals surface area contributed by atoms with E-state index in [0.717, 1.165) is 34.1 Å². The highest BCUT2D eigenvalue weighted by Crippen LogP contribution is 2.63. The first kappa shape index (κ1) is 51.3. The van der Waals surface area contributed by atoms with Gasteiger partial charge in [0.05, 0.1) is 5.41 Å². The smallest absolute Gasteiger partial charge is 0.0725 e. The van der Waals surface area contributed by atoms with Crippen molar-refractivity contribution >= 4 is 34.1 Å². The van der Waals surface area contributed by atoms with Gasteiger partial charge in [-0.2, -0.15) is 0 Å². The lowest BCUT2D eigenvalue weighted by atomic mass is 9.70. The number of hydrogen-bond acceptors (Lipinski definition) is 2. The summed E-state index contributed by atoms with van der Waals surface area (Å²) in [7, 11) is 0. The van der Waals surface area contributed by atoms with E-state index in [1.165, 1.54) is 111 Å². The van der Waals surface area contributed by atoms with E-state index in [4.69, 9.17) is 0 Å². The molecule has 0 radical (unpaired) electrons. The number of benzene rings is 14. The van der Waals surface area contributed by atoms with Crippen LogP contribution in [0.1, 0.15) is 22.3 Å². The van der Waals surface area contributed by atoms with Gasteiger partial charge in [0.2, 0.25) is 0 Å². The van der Waals surface area contributed by atoms with Gasteiger partial charge in [-0.1, -0.05) is 267 Å². The zero-order chi connectivity index (χ0) is 57.7. The summed E-state index contributed by atoms with van der Waals surface area (Å²) in [5.74, 6) is 0. The van der Waals surface area contributed by atoms with Gasteiger partial charge >= 0.3 is 0 Å². The molecule has 408 valence electrons. The minimum absolute atomic E-state index is 0.535. The van der Waals surface area contributed by atoms with Crippen molar-refractivity contribution < 1.29 is 0 Å². The van der Waals surface area contributed by atoms with E-state index in [0.29, 0.717) is 0 Å². The molecule has 14 aromatic rings. The van der Waals surface area contributed by atoms with Crippen LogP contribution >= 0.6 is 0 Å². The fourth-order valence-corrected chi connectivity index (χ4v) is 13.7. The monoisotopic (exact) mass is 1110 g/mol. The SMILES string of the molecule is c1ccc(-c2ccc(N(c3ccc(-c4ccccc4)cc3)c3ccc(-c4ccc5c(c4)C4(c6ccccc6-c6ccccc64)c4cc(-c6ccc(N(c7ccc(-c8ccccc8)cc7)c7ccc(-c8ccccc8)cc7)cc6)ccc4-5)cc3)cc2)cc1. The van der Waals surface area contributed by atoms with Crippen molar-refractivity contribution in [3.63, 3.8) is 0 Å². The predicted molar refractivity (Wildman–Crippen MR) is 365 cm³/mol. The summed E-state index contributed by atoms with van der Waals surface area (Å²) in [6.07, 6.45) is 0. The molecular weight excluding hydrogens is 1050 g/mol.